The van der Waals surface area contributed by atoms with Gasteiger partial charge in [0.15, 0.2) is 0 Å². The summed E-state index contributed by atoms with van der Waals surface area (Å²) in [4.78, 5) is 11.7. The molecule has 0 atom stereocenters. The number of nitrogens with zero attached hydrogens (tertiary/aromatic N) is 1. The topological polar surface area (TPSA) is 22.0 Å². The summed E-state index contributed by atoms with van der Waals surface area (Å²) in [7, 11) is 1.67. The second-order valence-corrected chi connectivity index (χ2v) is 3.88. The third-order valence-electron chi connectivity index (χ3n) is 2.66. The summed E-state index contributed by atoms with van der Waals surface area (Å²) in [5.74, 6) is -0.329. The van der Waals surface area contributed by atoms with Gasteiger partial charge in [-0.1, -0.05) is 0 Å². The van der Waals surface area contributed by atoms with Crippen LogP contribution in [0.15, 0.2) is 23.1 Å². The van der Waals surface area contributed by atoms with Gasteiger partial charge >= 0.3 is 0 Å². The van der Waals surface area contributed by atoms with Crippen LogP contribution < -0.4 is 5.56 Å². The van der Waals surface area contributed by atoms with Crippen LogP contribution in [0.3, 0.4) is 0 Å². The van der Waals surface area contributed by atoms with E-state index in [4.69, 9.17) is 0 Å². The van der Waals surface area contributed by atoms with Gasteiger partial charge in [-0.15, -0.1) is 0 Å². The summed E-state index contributed by atoms with van der Waals surface area (Å²) in [6.07, 6.45) is 1.77. The number of rotatable bonds is 0. The summed E-state index contributed by atoms with van der Waals surface area (Å²) in [6, 6.07) is 3.04. The van der Waals surface area contributed by atoms with Crippen LogP contribution in [0.2, 0.25) is 0 Å². The van der Waals surface area contributed by atoms with Crippen molar-refractivity contribution >= 4 is 10.8 Å². The number of aryl methyl sites for hydroxylation is 3. The van der Waals surface area contributed by atoms with E-state index >= 15 is 0 Å². The Morgan fingerprint density at radius 3 is 2.47 bits per heavy atom. The molecule has 0 radical (unpaired) electrons. The van der Waals surface area contributed by atoms with Gasteiger partial charge in [0.2, 0.25) is 0 Å². The van der Waals surface area contributed by atoms with Crippen LogP contribution in [0.5, 0.6) is 0 Å². The molecule has 1 aromatic heterocycles. The van der Waals surface area contributed by atoms with E-state index in [1.54, 1.807) is 26.2 Å². The zero-order chi connectivity index (χ0) is 11.2. The minimum Gasteiger partial charge on any atom is -0.318 e. The van der Waals surface area contributed by atoms with Crippen LogP contribution in [0.1, 0.15) is 11.1 Å². The Balaban J connectivity index is 3.04. The number of pyridine rings is 1. The molecule has 0 unspecified atom stereocenters. The van der Waals surface area contributed by atoms with Gasteiger partial charge in [0.1, 0.15) is 5.82 Å². The number of benzene rings is 1. The highest BCUT2D eigenvalue weighted by molar-refractivity contribution is 5.85. The zero-order valence-electron chi connectivity index (χ0n) is 8.97. The van der Waals surface area contributed by atoms with Gasteiger partial charge in [-0.3, -0.25) is 4.79 Å². The lowest BCUT2D eigenvalue weighted by molar-refractivity contribution is 0.620. The van der Waals surface area contributed by atoms with E-state index < -0.39 is 0 Å². The predicted octanol–water partition coefficient (Wildman–Crippen LogP) is 2.29. The standard InChI is InChI=1S/C12H12FNO/c1-7-4-9-8(2)6-14(3)12(15)10(9)5-11(7)13/h4-6H,1-3H3. The first-order valence-corrected chi connectivity index (χ1v) is 4.77. The molecule has 0 aliphatic rings. The highest BCUT2D eigenvalue weighted by atomic mass is 19.1. The van der Waals surface area contributed by atoms with Gasteiger partial charge in [0.25, 0.3) is 5.56 Å². The Morgan fingerprint density at radius 1 is 1.13 bits per heavy atom. The largest absolute Gasteiger partial charge is 0.318 e. The van der Waals surface area contributed by atoms with Gasteiger partial charge in [-0.25, -0.2) is 4.39 Å². The molecule has 0 bridgehead atoms. The van der Waals surface area contributed by atoms with Crippen molar-refractivity contribution in [3.05, 3.63) is 45.6 Å². The Hall–Kier alpha value is -1.64. The molecule has 0 N–H and O–H groups in total. The lowest BCUT2D eigenvalue weighted by atomic mass is 10.1. The molecular formula is C12H12FNO. The van der Waals surface area contributed by atoms with Crippen LogP contribution in [0.25, 0.3) is 10.8 Å². The molecular weight excluding hydrogens is 193 g/mol. The molecule has 0 spiro atoms. The second kappa shape index (κ2) is 3.19. The maximum absolute atomic E-state index is 13.3. The summed E-state index contributed by atoms with van der Waals surface area (Å²) in [6.45, 7) is 3.62. The quantitative estimate of drug-likeness (QED) is 0.646. The van der Waals surface area contributed by atoms with Crippen molar-refractivity contribution in [3.63, 3.8) is 0 Å². The maximum atomic E-state index is 13.3. The molecule has 0 aliphatic heterocycles. The lowest BCUT2D eigenvalue weighted by Crippen LogP contribution is -2.17. The number of hydrogen-bond acceptors (Lipinski definition) is 1. The molecule has 78 valence electrons. The van der Waals surface area contributed by atoms with Gasteiger partial charge in [0.05, 0.1) is 5.39 Å². The minimum atomic E-state index is -0.329. The fraction of sp³-hybridized carbons (Fsp3) is 0.250. The zero-order valence-corrected chi connectivity index (χ0v) is 8.97. The number of halogens is 1. The van der Waals surface area contributed by atoms with Crippen molar-refractivity contribution in [2.75, 3.05) is 0 Å². The highest BCUT2D eigenvalue weighted by Gasteiger charge is 2.07. The molecule has 2 rings (SSSR count). The van der Waals surface area contributed by atoms with Crippen LogP contribution in [-0.4, -0.2) is 4.57 Å². The van der Waals surface area contributed by atoms with E-state index in [2.05, 4.69) is 0 Å². The van der Waals surface area contributed by atoms with Crippen molar-refractivity contribution in [1.82, 2.24) is 4.57 Å². The van der Waals surface area contributed by atoms with E-state index in [0.717, 1.165) is 10.9 Å². The van der Waals surface area contributed by atoms with Gasteiger partial charge < -0.3 is 4.57 Å². The average molecular weight is 205 g/mol. The third kappa shape index (κ3) is 1.44. The molecule has 15 heavy (non-hydrogen) atoms. The number of aromatic nitrogens is 1. The Morgan fingerprint density at radius 2 is 1.80 bits per heavy atom. The molecule has 2 aromatic rings. The predicted molar refractivity (Wildman–Crippen MR) is 58.6 cm³/mol. The molecule has 1 heterocycles. The normalized spacial score (nSPS) is 10.9. The second-order valence-electron chi connectivity index (χ2n) is 3.88. The highest BCUT2D eigenvalue weighted by Crippen LogP contribution is 2.18. The first kappa shape index (κ1) is 9.90. The number of fused-ring (bicyclic) bond motifs is 1. The molecule has 1 aromatic carbocycles. The van der Waals surface area contributed by atoms with Crippen LogP contribution >= 0.6 is 0 Å². The third-order valence-corrected chi connectivity index (χ3v) is 2.66. The monoisotopic (exact) mass is 205 g/mol. The van der Waals surface area contributed by atoms with Crippen LogP contribution in [0.4, 0.5) is 4.39 Å². The molecule has 0 amide bonds. The van der Waals surface area contributed by atoms with Crippen LogP contribution in [0, 0.1) is 19.7 Å². The average Bonchev–Trinajstić information content (AvgIpc) is 2.18. The van der Waals surface area contributed by atoms with Crippen LogP contribution in [-0.2, 0) is 7.05 Å². The van der Waals surface area contributed by atoms with Crippen molar-refractivity contribution in [1.29, 1.82) is 0 Å². The number of hydrogen-bond donors (Lipinski definition) is 0. The molecule has 0 saturated carbocycles. The van der Waals surface area contributed by atoms with Crippen molar-refractivity contribution < 1.29 is 4.39 Å². The van der Waals surface area contributed by atoms with E-state index in [-0.39, 0.29) is 11.4 Å². The van der Waals surface area contributed by atoms with Gasteiger partial charge in [-0.2, -0.15) is 0 Å². The van der Waals surface area contributed by atoms with E-state index in [9.17, 15) is 9.18 Å². The van der Waals surface area contributed by atoms with Crippen molar-refractivity contribution in [3.8, 4) is 0 Å². The SMILES string of the molecule is Cc1cc2c(C)cn(C)c(=O)c2cc1F. The van der Waals surface area contributed by atoms with Crippen molar-refractivity contribution in [2.24, 2.45) is 7.05 Å². The Kier molecular flexibility index (Phi) is 2.11. The summed E-state index contributed by atoms with van der Waals surface area (Å²) < 4.78 is 14.8. The summed E-state index contributed by atoms with van der Waals surface area (Å²) >= 11 is 0. The molecule has 0 aliphatic carbocycles. The molecule has 2 nitrogen and oxygen atoms in total. The maximum Gasteiger partial charge on any atom is 0.258 e. The first-order chi connectivity index (χ1) is 7.00. The van der Waals surface area contributed by atoms with Crippen molar-refractivity contribution in [2.45, 2.75) is 13.8 Å². The molecule has 0 fully saturated rings. The summed E-state index contributed by atoms with van der Waals surface area (Å²) in [5, 5.41) is 1.28. The fourth-order valence-corrected chi connectivity index (χ4v) is 1.79. The summed E-state index contributed by atoms with van der Waals surface area (Å²) in [5.41, 5.74) is 1.39. The first-order valence-electron chi connectivity index (χ1n) is 4.77. The van der Waals surface area contributed by atoms with Gasteiger partial charge in [0, 0.05) is 13.2 Å². The van der Waals surface area contributed by atoms with E-state index in [1.807, 2.05) is 6.92 Å². The van der Waals surface area contributed by atoms with E-state index in [0.29, 0.717) is 10.9 Å². The van der Waals surface area contributed by atoms with E-state index in [1.165, 1.54) is 10.6 Å². The van der Waals surface area contributed by atoms with Gasteiger partial charge in [-0.05, 0) is 42.5 Å². The smallest absolute Gasteiger partial charge is 0.258 e. The minimum absolute atomic E-state index is 0.158. The Bertz CT molecular complexity index is 599. The Labute approximate surface area is 87.0 Å². The lowest BCUT2D eigenvalue weighted by Gasteiger charge is -2.06. The fourth-order valence-electron chi connectivity index (χ4n) is 1.79. The molecule has 0 saturated heterocycles. The molecule has 3 heteroatoms.